The second-order valence-electron chi connectivity index (χ2n) is 3.30. The second kappa shape index (κ2) is 4.77. The van der Waals surface area contributed by atoms with E-state index >= 15 is 0 Å². The molecule has 14 heavy (non-hydrogen) atoms. The van der Waals surface area contributed by atoms with Crippen LogP contribution in [-0.2, 0) is 9.53 Å². The van der Waals surface area contributed by atoms with Crippen LogP contribution in [0.25, 0.3) is 0 Å². The fourth-order valence-electron chi connectivity index (χ4n) is 1.28. The number of rotatable bonds is 3. The summed E-state index contributed by atoms with van der Waals surface area (Å²) in [7, 11) is 1.37. The predicted octanol–water partition coefficient (Wildman–Crippen LogP) is 1.56. The minimum atomic E-state index is -0.279. The maximum atomic E-state index is 11.0. The number of nitrogens with two attached hydrogens (primary N) is 1. The van der Waals surface area contributed by atoms with Gasteiger partial charge in [0.25, 0.3) is 0 Å². The van der Waals surface area contributed by atoms with Gasteiger partial charge in [-0.2, -0.15) is 0 Å². The molecule has 3 heteroatoms. The van der Waals surface area contributed by atoms with E-state index < -0.39 is 0 Å². The molecule has 1 atom stereocenters. The van der Waals surface area contributed by atoms with Gasteiger partial charge in [-0.25, -0.2) is 0 Å². The standard InChI is InChI=1S/C11H15NO2/c1-8-4-3-5-9(6-8)10(12)7-11(13)14-2/h3-6,10H,7,12H2,1-2H3/t10-/m0/s1. The minimum Gasteiger partial charge on any atom is -0.469 e. The number of hydrogen-bond acceptors (Lipinski definition) is 3. The maximum absolute atomic E-state index is 11.0. The van der Waals surface area contributed by atoms with Crippen molar-refractivity contribution in [2.24, 2.45) is 5.73 Å². The first-order valence-electron chi connectivity index (χ1n) is 4.52. The van der Waals surface area contributed by atoms with Crippen LogP contribution < -0.4 is 5.73 Å². The van der Waals surface area contributed by atoms with Crippen molar-refractivity contribution in [3.8, 4) is 0 Å². The number of aryl methyl sites for hydroxylation is 1. The van der Waals surface area contributed by atoms with Gasteiger partial charge in [0.05, 0.1) is 13.5 Å². The number of methoxy groups -OCH3 is 1. The summed E-state index contributed by atoms with van der Waals surface area (Å²) in [6, 6.07) is 7.55. The Bertz CT molecular complexity index is 323. The second-order valence-corrected chi connectivity index (χ2v) is 3.30. The molecule has 0 fully saturated rings. The van der Waals surface area contributed by atoms with Gasteiger partial charge >= 0.3 is 5.97 Å². The first-order chi connectivity index (χ1) is 6.63. The molecule has 76 valence electrons. The average Bonchev–Trinajstić information content (AvgIpc) is 2.17. The largest absolute Gasteiger partial charge is 0.469 e. The molecule has 1 aromatic rings. The summed E-state index contributed by atoms with van der Waals surface area (Å²) in [5, 5.41) is 0. The molecule has 0 saturated heterocycles. The summed E-state index contributed by atoms with van der Waals surface area (Å²) in [6.07, 6.45) is 0.222. The molecule has 0 amide bonds. The molecule has 3 nitrogen and oxygen atoms in total. The van der Waals surface area contributed by atoms with Gasteiger partial charge in [-0.1, -0.05) is 29.8 Å². The molecule has 0 bridgehead atoms. The lowest BCUT2D eigenvalue weighted by atomic mass is 10.0. The minimum absolute atomic E-state index is 0.222. The molecule has 1 aromatic carbocycles. The fraction of sp³-hybridized carbons (Fsp3) is 0.364. The Labute approximate surface area is 83.9 Å². The Hall–Kier alpha value is -1.35. The number of carbonyl (C=O) groups excluding carboxylic acids is 1. The van der Waals surface area contributed by atoms with Crippen LogP contribution in [0.2, 0.25) is 0 Å². The topological polar surface area (TPSA) is 52.3 Å². The summed E-state index contributed by atoms with van der Waals surface area (Å²) < 4.78 is 4.55. The Morgan fingerprint density at radius 3 is 2.86 bits per heavy atom. The van der Waals surface area contributed by atoms with E-state index in [4.69, 9.17) is 5.73 Å². The van der Waals surface area contributed by atoms with Gasteiger partial charge in [-0.05, 0) is 12.5 Å². The van der Waals surface area contributed by atoms with E-state index in [1.165, 1.54) is 7.11 Å². The third kappa shape index (κ3) is 2.85. The van der Waals surface area contributed by atoms with Crippen molar-refractivity contribution >= 4 is 5.97 Å². The predicted molar refractivity (Wildman–Crippen MR) is 54.7 cm³/mol. The van der Waals surface area contributed by atoms with Crippen molar-refractivity contribution in [1.29, 1.82) is 0 Å². The molecule has 2 N–H and O–H groups in total. The molecule has 0 aliphatic heterocycles. The summed E-state index contributed by atoms with van der Waals surface area (Å²) in [5.74, 6) is -0.279. The molecular weight excluding hydrogens is 178 g/mol. The molecule has 0 unspecified atom stereocenters. The van der Waals surface area contributed by atoms with Crippen molar-refractivity contribution in [3.05, 3.63) is 35.4 Å². The maximum Gasteiger partial charge on any atom is 0.307 e. The molecule has 0 aliphatic carbocycles. The van der Waals surface area contributed by atoms with Crippen LogP contribution in [0.1, 0.15) is 23.6 Å². The van der Waals surface area contributed by atoms with Crippen LogP contribution >= 0.6 is 0 Å². The number of hydrogen-bond donors (Lipinski definition) is 1. The lowest BCUT2D eigenvalue weighted by Crippen LogP contribution is -2.16. The van der Waals surface area contributed by atoms with Crippen LogP contribution in [0.5, 0.6) is 0 Å². The van der Waals surface area contributed by atoms with E-state index in [9.17, 15) is 4.79 Å². The number of benzene rings is 1. The van der Waals surface area contributed by atoms with Crippen LogP contribution in [-0.4, -0.2) is 13.1 Å². The smallest absolute Gasteiger partial charge is 0.307 e. The van der Waals surface area contributed by atoms with Gasteiger partial charge < -0.3 is 10.5 Å². The SMILES string of the molecule is COC(=O)C[C@H](N)c1cccc(C)c1. The summed E-state index contributed by atoms with van der Waals surface area (Å²) in [4.78, 5) is 11.0. The normalized spacial score (nSPS) is 12.2. The monoisotopic (exact) mass is 193 g/mol. The number of ether oxygens (including phenoxy) is 1. The van der Waals surface area contributed by atoms with Crippen molar-refractivity contribution in [1.82, 2.24) is 0 Å². The fourth-order valence-corrected chi connectivity index (χ4v) is 1.28. The van der Waals surface area contributed by atoms with Crippen molar-refractivity contribution in [3.63, 3.8) is 0 Å². The van der Waals surface area contributed by atoms with E-state index in [1.807, 2.05) is 31.2 Å². The lowest BCUT2D eigenvalue weighted by Gasteiger charge is -2.10. The van der Waals surface area contributed by atoms with E-state index in [0.29, 0.717) is 0 Å². The summed E-state index contributed by atoms with van der Waals surface area (Å²) in [5.41, 5.74) is 7.95. The zero-order valence-corrected chi connectivity index (χ0v) is 8.49. The first-order valence-corrected chi connectivity index (χ1v) is 4.52. The third-order valence-corrected chi connectivity index (χ3v) is 2.08. The van der Waals surface area contributed by atoms with Gasteiger partial charge in [0.15, 0.2) is 0 Å². The van der Waals surface area contributed by atoms with Gasteiger partial charge in [0.2, 0.25) is 0 Å². The van der Waals surface area contributed by atoms with Crippen LogP contribution in [0.3, 0.4) is 0 Å². The quantitative estimate of drug-likeness (QED) is 0.741. The molecule has 0 radical (unpaired) electrons. The Morgan fingerprint density at radius 1 is 1.57 bits per heavy atom. The zero-order valence-electron chi connectivity index (χ0n) is 8.49. The molecular formula is C11H15NO2. The lowest BCUT2D eigenvalue weighted by molar-refractivity contribution is -0.141. The molecule has 0 aromatic heterocycles. The van der Waals surface area contributed by atoms with E-state index in [1.54, 1.807) is 0 Å². The van der Waals surface area contributed by atoms with Crippen LogP contribution in [0, 0.1) is 6.92 Å². The van der Waals surface area contributed by atoms with Gasteiger partial charge in [0.1, 0.15) is 0 Å². The highest BCUT2D eigenvalue weighted by Crippen LogP contribution is 2.15. The van der Waals surface area contributed by atoms with E-state index in [2.05, 4.69) is 4.74 Å². The molecule has 0 saturated carbocycles. The highest BCUT2D eigenvalue weighted by Gasteiger charge is 2.11. The van der Waals surface area contributed by atoms with Crippen molar-refractivity contribution in [2.75, 3.05) is 7.11 Å². The third-order valence-electron chi connectivity index (χ3n) is 2.08. The molecule has 0 aliphatic rings. The van der Waals surface area contributed by atoms with E-state index in [-0.39, 0.29) is 18.4 Å². The zero-order chi connectivity index (χ0) is 10.6. The van der Waals surface area contributed by atoms with Crippen molar-refractivity contribution < 1.29 is 9.53 Å². The van der Waals surface area contributed by atoms with Crippen molar-refractivity contribution in [2.45, 2.75) is 19.4 Å². The van der Waals surface area contributed by atoms with E-state index in [0.717, 1.165) is 11.1 Å². The Balaban J connectivity index is 2.69. The highest BCUT2D eigenvalue weighted by molar-refractivity contribution is 5.70. The van der Waals surface area contributed by atoms with Gasteiger partial charge in [0, 0.05) is 6.04 Å². The number of esters is 1. The average molecular weight is 193 g/mol. The van der Waals surface area contributed by atoms with Crippen LogP contribution in [0.4, 0.5) is 0 Å². The molecule has 0 spiro atoms. The van der Waals surface area contributed by atoms with Crippen LogP contribution in [0.15, 0.2) is 24.3 Å². The number of carbonyl (C=O) groups is 1. The Kier molecular flexibility index (Phi) is 3.65. The Morgan fingerprint density at radius 2 is 2.29 bits per heavy atom. The first kappa shape index (κ1) is 10.7. The summed E-state index contributed by atoms with van der Waals surface area (Å²) in [6.45, 7) is 1.99. The molecule has 1 rings (SSSR count). The van der Waals surface area contributed by atoms with Gasteiger partial charge in [-0.15, -0.1) is 0 Å². The molecule has 0 heterocycles. The summed E-state index contributed by atoms with van der Waals surface area (Å²) >= 11 is 0. The highest BCUT2D eigenvalue weighted by atomic mass is 16.5. The van der Waals surface area contributed by atoms with Gasteiger partial charge in [-0.3, -0.25) is 4.79 Å².